The summed E-state index contributed by atoms with van der Waals surface area (Å²) in [5, 5.41) is 7.38. The van der Waals surface area contributed by atoms with Gasteiger partial charge < -0.3 is 9.84 Å². The maximum Gasteiger partial charge on any atom is 0.151 e. The van der Waals surface area contributed by atoms with E-state index in [1.807, 2.05) is 13.0 Å². The van der Waals surface area contributed by atoms with Crippen LogP contribution in [-0.4, -0.2) is 29.7 Å². The highest BCUT2D eigenvalue weighted by Gasteiger charge is 2.09. The van der Waals surface area contributed by atoms with Crippen molar-refractivity contribution in [2.45, 2.75) is 40.3 Å². The second-order valence-corrected chi connectivity index (χ2v) is 4.72. The van der Waals surface area contributed by atoms with Crippen LogP contribution in [0.5, 0.6) is 0 Å². The van der Waals surface area contributed by atoms with Crippen LogP contribution in [0.2, 0.25) is 0 Å². The van der Waals surface area contributed by atoms with Crippen LogP contribution in [0.15, 0.2) is 22.7 Å². The summed E-state index contributed by atoms with van der Waals surface area (Å²) in [5.41, 5.74) is 2.14. The van der Waals surface area contributed by atoms with Gasteiger partial charge in [0.25, 0.3) is 0 Å². The standard InChI is InChI=1S/C14H25N3O/c1-5-7-15-9-13-8-14(18-16-13)11-17(6-2)10-12(3)4/h8,15H,3,5-7,9-11H2,1-2,4H3. The van der Waals surface area contributed by atoms with Gasteiger partial charge in [-0.05, 0) is 26.4 Å². The number of likely N-dealkylation sites (N-methyl/N-ethyl adjacent to an activating group) is 1. The molecule has 0 atom stereocenters. The van der Waals surface area contributed by atoms with Crippen molar-refractivity contribution in [3.05, 3.63) is 29.7 Å². The van der Waals surface area contributed by atoms with Crippen LogP contribution < -0.4 is 5.32 Å². The van der Waals surface area contributed by atoms with Gasteiger partial charge in [-0.3, -0.25) is 4.90 Å². The lowest BCUT2D eigenvalue weighted by molar-refractivity contribution is 0.256. The van der Waals surface area contributed by atoms with E-state index in [0.29, 0.717) is 0 Å². The van der Waals surface area contributed by atoms with Gasteiger partial charge in [-0.15, -0.1) is 0 Å². The fourth-order valence-electron chi connectivity index (χ4n) is 1.79. The van der Waals surface area contributed by atoms with Crippen molar-refractivity contribution in [3.63, 3.8) is 0 Å². The number of aromatic nitrogens is 1. The molecule has 0 radical (unpaired) electrons. The minimum absolute atomic E-state index is 0.782. The Morgan fingerprint density at radius 3 is 2.89 bits per heavy atom. The van der Waals surface area contributed by atoms with Crippen LogP contribution in [0.4, 0.5) is 0 Å². The largest absolute Gasteiger partial charge is 0.360 e. The second kappa shape index (κ2) is 8.06. The summed E-state index contributed by atoms with van der Waals surface area (Å²) in [6.45, 7) is 14.8. The van der Waals surface area contributed by atoms with E-state index in [1.54, 1.807) is 0 Å². The number of nitrogens with zero attached hydrogens (tertiary/aromatic N) is 2. The molecule has 0 aliphatic carbocycles. The van der Waals surface area contributed by atoms with Crippen LogP contribution in [0.25, 0.3) is 0 Å². The molecular weight excluding hydrogens is 226 g/mol. The molecule has 18 heavy (non-hydrogen) atoms. The molecule has 0 bridgehead atoms. The molecule has 0 aliphatic rings. The van der Waals surface area contributed by atoms with E-state index in [-0.39, 0.29) is 0 Å². The summed E-state index contributed by atoms with van der Waals surface area (Å²) in [6, 6.07) is 2.03. The van der Waals surface area contributed by atoms with E-state index < -0.39 is 0 Å². The topological polar surface area (TPSA) is 41.3 Å². The Hall–Kier alpha value is -1.13. The molecule has 4 nitrogen and oxygen atoms in total. The zero-order chi connectivity index (χ0) is 13.4. The highest BCUT2D eigenvalue weighted by Crippen LogP contribution is 2.08. The van der Waals surface area contributed by atoms with Crippen LogP contribution in [-0.2, 0) is 13.1 Å². The molecule has 1 N–H and O–H groups in total. The van der Waals surface area contributed by atoms with E-state index >= 15 is 0 Å². The molecule has 0 amide bonds. The third kappa shape index (κ3) is 5.47. The maximum absolute atomic E-state index is 5.35. The summed E-state index contributed by atoms with van der Waals surface area (Å²) in [5.74, 6) is 0.923. The summed E-state index contributed by atoms with van der Waals surface area (Å²) < 4.78 is 5.35. The third-order valence-electron chi connectivity index (χ3n) is 2.66. The Morgan fingerprint density at radius 1 is 1.50 bits per heavy atom. The van der Waals surface area contributed by atoms with Gasteiger partial charge in [-0.2, -0.15) is 0 Å². The van der Waals surface area contributed by atoms with Gasteiger partial charge in [0.05, 0.1) is 12.2 Å². The molecule has 1 rings (SSSR count). The fraction of sp³-hybridized carbons (Fsp3) is 0.643. The first kappa shape index (κ1) is 14.9. The van der Waals surface area contributed by atoms with E-state index in [9.17, 15) is 0 Å². The van der Waals surface area contributed by atoms with Crippen LogP contribution >= 0.6 is 0 Å². The molecule has 102 valence electrons. The molecule has 0 saturated carbocycles. The lowest BCUT2D eigenvalue weighted by atomic mass is 10.3. The average molecular weight is 251 g/mol. The van der Waals surface area contributed by atoms with Gasteiger partial charge in [0.15, 0.2) is 5.76 Å². The Balaban J connectivity index is 2.44. The quantitative estimate of drug-likeness (QED) is 0.541. The Kier molecular flexibility index (Phi) is 6.68. The number of nitrogens with one attached hydrogen (secondary N) is 1. The molecule has 1 aromatic heterocycles. The average Bonchev–Trinajstić information content (AvgIpc) is 2.76. The zero-order valence-electron chi connectivity index (χ0n) is 11.8. The smallest absolute Gasteiger partial charge is 0.151 e. The number of hydrogen-bond donors (Lipinski definition) is 1. The molecule has 1 heterocycles. The van der Waals surface area contributed by atoms with Gasteiger partial charge in [0, 0.05) is 19.2 Å². The Labute approximate surface area is 110 Å². The summed E-state index contributed by atoms with van der Waals surface area (Å²) in [7, 11) is 0. The van der Waals surface area contributed by atoms with Gasteiger partial charge in [-0.25, -0.2) is 0 Å². The van der Waals surface area contributed by atoms with Gasteiger partial charge in [0.1, 0.15) is 0 Å². The number of rotatable bonds is 9. The highest BCUT2D eigenvalue weighted by molar-refractivity contribution is 5.05. The first-order chi connectivity index (χ1) is 8.65. The second-order valence-electron chi connectivity index (χ2n) is 4.72. The molecule has 0 saturated heterocycles. The van der Waals surface area contributed by atoms with Crippen molar-refractivity contribution in [2.75, 3.05) is 19.6 Å². The van der Waals surface area contributed by atoms with Gasteiger partial charge >= 0.3 is 0 Å². The third-order valence-corrected chi connectivity index (χ3v) is 2.66. The lowest BCUT2D eigenvalue weighted by Crippen LogP contribution is -2.24. The van der Waals surface area contributed by atoms with Crippen LogP contribution in [0.1, 0.15) is 38.6 Å². The van der Waals surface area contributed by atoms with Crippen molar-refractivity contribution in [1.82, 2.24) is 15.4 Å². The van der Waals surface area contributed by atoms with Crippen LogP contribution in [0, 0.1) is 0 Å². The number of hydrogen-bond acceptors (Lipinski definition) is 4. The van der Waals surface area contributed by atoms with Crippen LogP contribution in [0.3, 0.4) is 0 Å². The zero-order valence-corrected chi connectivity index (χ0v) is 11.8. The molecule has 1 aromatic rings. The van der Waals surface area contributed by atoms with Crippen molar-refractivity contribution in [2.24, 2.45) is 0 Å². The summed E-state index contributed by atoms with van der Waals surface area (Å²) in [6.07, 6.45) is 1.13. The minimum atomic E-state index is 0.782. The lowest BCUT2D eigenvalue weighted by Gasteiger charge is -2.18. The van der Waals surface area contributed by atoms with Crippen molar-refractivity contribution >= 4 is 0 Å². The van der Waals surface area contributed by atoms with Crippen molar-refractivity contribution in [3.8, 4) is 0 Å². The molecule has 0 aliphatic heterocycles. The fourth-order valence-corrected chi connectivity index (χ4v) is 1.79. The van der Waals surface area contributed by atoms with Crippen molar-refractivity contribution < 1.29 is 4.52 Å². The van der Waals surface area contributed by atoms with E-state index in [1.165, 1.54) is 5.57 Å². The van der Waals surface area contributed by atoms with E-state index in [2.05, 4.69) is 35.8 Å². The summed E-state index contributed by atoms with van der Waals surface area (Å²) in [4.78, 5) is 2.28. The SMILES string of the molecule is C=C(C)CN(CC)Cc1cc(CNCCC)no1. The monoisotopic (exact) mass is 251 g/mol. The normalized spacial score (nSPS) is 11.1. The molecule has 0 fully saturated rings. The predicted octanol–water partition coefficient (Wildman–Crippen LogP) is 2.57. The minimum Gasteiger partial charge on any atom is -0.360 e. The molecule has 0 spiro atoms. The van der Waals surface area contributed by atoms with Gasteiger partial charge in [-0.1, -0.05) is 31.2 Å². The predicted molar refractivity (Wildman–Crippen MR) is 74.3 cm³/mol. The maximum atomic E-state index is 5.35. The highest BCUT2D eigenvalue weighted by atomic mass is 16.5. The molecular formula is C14H25N3O. The van der Waals surface area contributed by atoms with Crippen molar-refractivity contribution in [1.29, 1.82) is 0 Å². The molecule has 0 unspecified atom stereocenters. The van der Waals surface area contributed by atoms with E-state index in [0.717, 1.165) is 50.6 Å². The first-order valence-electron chi connectivity index (χ1n) is 6.67. The Morgan fingerprint density at radius 2 is 2.28 bits per heavy atom. The van der Waals surface area contributed by atoms with Gasteiger partial charge in [0.2, 0.25) is 0 Å². The van der Waals surface area contributed by atoms with E-state index in [4.69, 9.17) is 4.52 Å². The summed E-state index contributed by atoms with van der Waals surface area (Å²) >= 11 is 0. The first-order valence-corrected chi connectivity index (χ1v) is 6.67. The Bertz CT molecular complexity index is 360. The molecule has 4 heteroatoms. The molecule has 0 aromatic carbocycles.